The molecule has 1 unspecified atom stereocenters. The molecular weight excluding hydrogens is 406 g/mol. The van der Waals surface area contributed by atoms with Gasteiger partial charge in [0.2, 0.25) is 5.91 Å². The van der Waals surface area contributed by atoms with Crippen LogP contribution in [-0.2, 0) is 9.59 Å². The summed E-state index contributed by atoms with van der Waals surface area (Å²) in [5.74, 6) is 0.340. The summed E-state index contributed by atoms with van der Waals surface area (Å²) in [7, 11) is 1.62. The molecule has 3 saturated heterocycles. The van der Waals surface area contributed by atoms with Crippen LogP contribution in [0.4, 0.5) is 0 Å². The van der Waals surface area contributed by atoms with E-state index in [1.54, 1.807) is 20.9 Å². The third kappa shape index (κ3) is 3.57. The third-order valence-corrected chi connectivity index (χ3v) is 7.15. The van der Waals surface area contributed by atoms with E-state index in [9.17, 15) is 14.4 Å². The SMILES string of the molecule is Cc1noc(C)c1C(=O)N1CCC2(CCN(C(=O)CC3NC(=S)N(C)C3=O)C2)CC1. The number of amides is 3. The highest BCUT2D eigenvalue weighted by Crippen LogP contribution is 2.41. The van der Waals surface area contributed by atoms with Crippen LogP contribution >= 0.6 is 12.2 Å². The molecule has 3 amide bonds. The lowest BCUT2D eigenvalue weighted by Gasteiger charge is -2.39. The van der Waals surface area contributed by atoms with Crippen molar-refractivity contribution in [3.8, 4) is 0 Å². The van der Waals surface area contributed by atoms with Crippen molar-refractivity contribution in [3.05, 3.63) is 17.0 Å². The molecule has 9 nitrogen and oxygen atoms in total. The number of likely N-dealkylation sites (tertiary alicyclic amines) is 2. The minimum atomic E-state index is -0.568. The second-order valence-corrected chi connectivity index (χ2v) is 9.05. The molecule has 10 heteroatoms. The van der Waals surface area contributed by atoms with Gasteiger partial charge in [0.1, 0.15) is 17.4 Å². The van der Waals surface area contributed by atoms with Crippen LogP contribution in [0.5, 0.6) is 0 Å². The van der Waals surface area contributed by atoms with Crippen molar-refractivity contribution >= 4 is 35.1 Å². The zero-order valence-electron chi connectivity index (χ0n) is 17.6. The Bertz CT molecular complexity index is 886. The minimum absolute atomic E-state index is 0.0231. The lowest BCUT2D eigenvalue weighted by atomic mass is 9.77. The molecule has 0 aliphatic carbocycles. The number of carbonyl (C=O) groups excluding carboxylic acids is 3. The van der Waals surface area contributed by atoms with E-state index < -0.39 is 6.04 Å². The van der Waals surface area contributed by atoms with Gasteiger partial charge in [-0.1, -0.05) is 5.16 Å². The number of nitrogens with one attached hydrogen (secondary N) is 1. The standard InChI is InChI=1S/C20H27N5O4S/c1-12-16(13(2)29-22-12)18(28)24-7-4-20(5-8-24)6-9-25(11-20)15(26)10-14-17(27)23(3)19(30)21-14/h14H,4-11H2,1-3H3,(H,21,30). The number of hydrogen-bond acceptors (Lipinski definition) is 6. The van der Waals surface area contributed by atoms with Crippen molar-refractivity contribution < 1.29 is 18.9 Å². The fourth-order valence-corrected chi connectivity index (χ4v) is 5.00. The molecule has 3 aliphatic rings. The topological polar surface area (TPSA) is 99.0 Å². The lowest BCUT2D eigenvalue weighted by Crippen LogP contribution is -2.45. The van der Waals surface area contributed by atoms with Crippen LogP contribution in [0, 0.1) is 19.3 Å². The van der Waals surface area contributed by atoms with Crippen LogP contribution < -0.4 is 5.32 Å². The summed E-state index contributed by atoms with van der Waals surface area (Å²) >= 11 is 5.09. The summed E-state index contributed by atoms with van der Waals surface area (Å²) in [6.45, 7) is 6.23. The summed E-state index contributed by atoms with van der Waals surface area (Å²) < 4.78 is 5.13. The number of likely N-dealkylation sites (N-methyl/N-ethyl adjacent to an activating group) is 1. The Balaban J connectivity index is 1.33. The predicted octanol–water partition coefficient (Wildman–Crippen LogP) is 0.851. The average Bonchev–Trinajstić information content (AvgIpc) is 3.35. The molecule has 1 atom stereocenters. The number of carbonyl (C=O) groups is 3. The van der Waals surface area contributed by atoms with Crippen LogP contribution in [0.15, 0.2) is 4.52 Å². The molecule has 0 bridgehead atoms. The first-order chi connectivity index (χ1) is 14.2. The molecule has 4 rings (SSSR count). The van der Waals surface area contributed by atoms with Gasteiger partial charge in [-0.05, 0) is 50.7 Å². The Morgan fingerprint density at radius 2 is 1.83 bits per heavy atom. The van der Waals surface area contributed by atoms with Gasteiger partial charge in [0, 0.05) is 33.2 Å². The molecule has 1 aromatic heterocycles. The van der Waals surface area contributed by atoms with E-state index in [1.165, 1.54) is 4.90 Å². The third-order valence-electron chi connectivity index (χ3n) is 6.76. The monoisotopic (exact) mass is 433 g/mol. The average molecular weight is 434 g/mol. The van der Waals surface area contributed by atoms with Crippen molar-refractivity contribution in [2.24, 2.45) is 5.41 Å². The Labute approximate surface area is 180 Å². The van der Waals surface area contributed by atoms with Crippen LogP contribution in [-0.4, -0.2) is 82.0 Å². The Kier molecular flexibility index (Phi) is 5.29. The lowest BCUT2D eigenvalue weighted by molar-refractivity contribution is -0.135. The zero-order chi connectivity index (χ0) is 21.6. The summed E-state index contributed by atoms with van der Waals surface area (Å²) in [5, 5.41) is 7.17. The van der Waals surface area contributed by atoms with Crippen LogP contribution in [0.3, 0.4) is 0 Å². The number of aromatic nitrogens is 1. The number of hydrogen-bond donors (Lipinski definition) is 1. The molecule has 30 heavy (non-hydrogen) atoms. The van der Waals surface area contributed by atoms with Crippen LogP contribution in [0.2, 0.25) is 0 Å². The van der Waals surface area contributed by atoms with Gasteiger partial charge in [-0.15, -0.1) is 0 Å². The van der Waals surface area contributed by atoms with Gasteiger partial charge in [0.25, 0.3) is 11.8 Å². The van der Waals surface area contributed by atoms with E-state index in [4.69, 9.17) is 16.7 Å². The largest absolute Gasteiger partial charge is 0.361 e. The Morgan fingerprint density at radius 1 is 1.20 bits per heavy atom. The van der Waals surface area contributed by atoms with Crippen molar-refractivity contribution in [3.63, 3.8) is 0 Å². The molecule has 0 saturated carbocycles. The zero-order valence-corrected chi connectivity index (χ0v) is 18.4. The molecule has 1 aromatic rings. The fourth-order valence-electron chi connectivity index (χ4n) is 4.77. The molecular formula is C20H27N5O4S. The molecule has 0 radical (unpaired) electrons. The Hall–Kier alpha value is -2.49. The predicted molar refractivity (Wildman–Crippen MR) is 112 cm³/mol. The van der Waals surface area contributed by atoms with Gasteiger partial charge in [-0.25, -0.2) is 0 Å². The van der Waals surface area contributed by atoms with Gasteiger partial charge in [-0.3, -0.25) is 19.3 Å². The smallest absolute Gasteiger partial charge is 0.259 e. The van der Waals surface area contributed by atoms with E-state index in [-0.39, 0.29) is 29.6 Å². The maximum atomic E-state index is 12.9. The number of rotatable bonds is 3. The van der Waals surface area contributed by atoms with E-state index in [0.29, 0.717) is 48.3 Å². The van der Waals surface area contributed by atoms with Gasteiger partial charge in [0.05, 0.1) is 12.1 Å². The maximum absolute atomic E-state index is 12.9. The van der Waals surface area contributed by atoms with Gasteiger partial charge < -0.3 is 19.6 Å². The highest BCUT2D eigenvalue weighted by Gasteiger charge is 2.44. The van der Waals surface area contributed by atoms with E-state index in [1.807, 2.05) is 9.80 Å². The first kappa shape index (κ1) is 20.8. The summed E-state index contributed by atoms with van der Waals surface area (Å²) in [6, 6.07) is -0.568. The second-order valence-electron chi connectivity index (χ2n) is 8.66. The van der Waals surface area contributed by atoms with Crippen molar-refractivity contribution in [1.82, 2.24) is 25.2 Å². The van der Waals surface area contributed by atoms with Crippen LogP contribution in [0.25, 0.3) is 0 Å². The first-order valence-electron chi connectivity index (χ1n) is 10.3. The van der Waals surface area contributed by atoms with E-state index >= 15 is 0 Å². The molecule has 1 spiro atoms. The fraction of sp³-hybridized carbons (Fsp3) is 0.650. The van der Waals surface area contributed by atoms with Gasteiger partial charge in [0.15, 0.2) is 5.11 Å². The summed E-state index contributed by atoms with van der Waals surface area (Å²) in [4.78, 5) is 42.9. The minimum Gasteiger partial charge on any atom is -0.361 e. The van der Waals surface area contributed by atoms with Gasteiger partial charge in [-0.2, -0.15) is 0 Å². The van der Waals surface area contributed by atoms with Crippen molar-refractivity contribution in [2.75, 3.05) is 33.2 Å². The highest BCUT2D eigenvalue weighted by molar-refractivity contribution is 7.80. The van der Waals surface area contributed by atoms with Gasteiger partial charge >= 0.3 is 0 Å². The maximum Gasteiger partial charge on any atom is 0.259 e. The number of aryl methyl sites for hydroxylation is 2. The van der Waals surface area contributed by atoms with Crippen molar-refractivity contribution in [1.29, 1.82) is 0 Å². The summed E-state index contributed by atoms with van der Waals surface area (Å²) in [5.41, 5.74) is 1.23. The summed E-state index contributed by atoms with van der Waals surface area (Å²) in [6.07, 6.45) is 2.77. The molecule has 3 aliphatic heterocycles. The first-order valence-corrected chi connectivity index (χ1v) is 10.7. The second kappa shape index (κ2) is 7.64. The van der Waals surface area contributed by atoms with Crippen LogP contribution in [0.1, 0.15) is 47.5 Å². The normalized spacial score (nSPS) is 23.4. The highest BCUT2D eigenvalue weighted by atomic mass is 32.1. The number of piperidine rings is 1. The molecule has 4 heterocycles. The number of thiocarbonyl (C=S) groups is 1. The molecule has 162 valence electrons. The van der Waals surface area contributed by atoms with Crippen molar-refractivity contribution in [2.45, 2.75) is 45.6 Å². The quantitative estimate of drug-likeness (QED) is 0.706. The molecule has 0 aromatic carbocycles. The van der Waals surface area contributed by atoms with E-state index in [0.717, 1.165) is 19.3 Å². The molecule has 3 fully saturated rings. The Morgan fingerprint density at radius 3 is 2.37 bits per heavy atom. The number of nitrogens with zero attached hydrogens (tertiary/aromatic N) is 4. The van der Waals surface area contributed by atoms with E-state index in [2.05, 4.69) is 10.5 Å². The molecule has 1 N–H and O–H groups in total.